The number of nitrogens with one attached hydrogen (secondary N) is 1. The Morgan fingerprint density at radius 3 is 2.25 bits per heavy atom. The van der Waals surface area contributed by atoms with E-state index in [1.807, 2.05) is 0 Å². The standard InChI is InChI=1S/C8H17NO3/c1-5(10)4-8(12)6(2)9-7(3)11/h5-6,8,10,12H,4H2,1-3H3,(H,9,11). The van der Waals surface area contributed by atoms with Gasteiger partial charge in [-0.05, 0) is 13.8 Å². The summed E-state index contributed by atoms with van der Waals surface area (Å²) in [6, 6.07) is -0.308. The van der Waals surface area contributed by atoms with Gasteiger partial charge >= 0.3 is 0 Å². The summed E-state index contributed by atoms with van der Waals surface area (Å²) in [7, 11) is 0. The predicted octanol–water partition coefficient (Wildman–Crippen LogP) is -0.357. The SMILES string of the molecule is CC(=O)NC(C)C(O)CC(C)O. The summed E-state index contributed by atoms with van der Waals surface area (Å²) >= 11 is 0. The maximum atomic E-state index is 10.6. The van der Waals surface area contributed by atoms with Gasteiger partial charge in [-0.2, -0.15) is 0 Å². The maximum absolute atomic E-state index is 10.6. The first-order valence-corrected chi connectivity index (χ1v) is 4.06. The van der Waals surface area contributed by atoms with Crippen LogP contribution in [0.4, 0.5) is 0 Å². The molecule has 0 saturated carbocycles. The number of rotatable bonds is 4. The van der Waals surface area contributed by atoms with Crippen molar-refractivity contribution in [3.63, 3.8) is 0 Å². The molecule has 1 amide bonds. The van der Waals surface area contributed by atoms with Crippen molar-refractivity contribution in [1.82, 2.24) is 5.32 Å². The molecule has 0 saturated heterocycles. The van der Waals surface area contributed by atoms with Gasteiger partial charge in [0.1, 0.15) is 0 Å². The monoisotopic (exact) mass is 175 g/mol. The minimum absolute atomic E-state index is 0.174. The molecule has 4 heteroatoms. The topological polar surface area (TPSA) is 69.6 Å². The highest BCUT2D eigenvalue weighted by Gasteiger charge is 2.16. The number of carbonyl (C=O) groups excluding carboxylic acids is 1. The van der Waals surface area contributed by atoms with Gasteiger partial charge in [0.05, 0.1) is 18.2 Å². The zero-order valence-corrected chi connectivity index (χ0v) is 7.74. The van der Waals surface area contributed by atoms with Crippen LogP contribution in [-0.2, 0) is 4.79 Å². The van der Waals surface area contributed by atoms with E-state index in [9.17, 15) is 9.90 Å². The van der Waals surface area contributed by atoms with Crippen LogP contribution in [0.1, 0.15) is 27.2 Å². The Morgan fingerprint density at radius 1 is 1.42 bits per heavy atom. The molecule has 0 aliphatic heterocycles. The van der Waals surface area contributed by atoms with E-state index in [0.717, 1.165) is 0 Å². The summed E-state index contributed by atoms with van der Waals surface area (Å²) in [5.74, 6) is -0.174. The van der Waals surface area contributed by atoms with Crippen LogP contribution in [0.15, 0.2) is 0 Å². The Morgan fingerprint density at radius 2 is 1.92 bits per heavy atom. The van der Waals surface area contributed by atoms with Gasteiger partial charge in [-0.1, -0.05) is 0 Å². The normalized spacial score (nSPS) is 18.1. The Kier molecular flexibility index (Phi) is 4.85. The van der Waals surface area contributed by atoms with Gasteiger partial charge in [0, 0.05) is 13.3 Å². The van der Waals surface area contributed by atoms with Crippen LogP contribution in [0.5, 0.6) is 0 Å². The van der Waals surface area contributed by atoms with Crippen molar-refractivity contribution >= 4 is 5.91 Å². The lowest BCUT2D eigenvalue weighted by Gasteiger charge is -2.20. The molecule has 4 nitrogen and oxygen atoms in total. The second-order valence-corrected chi connectivity index (χ2v) is 3.14. The first-order chi connectivity index (χ1) is 5.43. The fraction of sp³-hybridized carbons (Fsp3) is 0.875. The van der Waals surface area contributed by atoms with Crippen LogP contribution >= 0.6 is 0 Å². The van der Waals surface area contributed by atoms with Crippen molar-refractivity contribution < 1.29 is 15.0 Å². The predicted molar refractivity (Wildman–Crippen MR) is 45.6 cm³/mol. The molecule has 0 spiro atoms. The van der Waals surface area contributed by atoms with Crippen molar-refractivity contribution in [3.05, 3.63) is 0 Å². The minimum Gasteiger partial charge on any atom is -0.393 e. The number of amides is 1. The van der Waals surface area contributed by atoms with Crippen LogP contribution in [0.3, 0.4) is 0 Å². The summed E-state index contributed by atoms with van der Waals surface area (Å²) in [4.78, 5) is 10.6. The molecule has 72 valence electrons. The lowest BCUT2D eigenvalue weighted by atomic mass is 10.1. The number of aliphatic hydroxyl groups excluding tert-OH is 2. The molecular formula is C8H17NO3. The van der Waals surface area contributed by atoms with E-state index in [1.165, 1.54) is 6.92 Å². The highest BCUT2D eigenvalue weighted by Crippen LogP contribution is 2.02. The van der Waals surface area contributed by atoms with Crippen molar-refractivity contribution in [2.24, 2.45) is 0 Å². The molecule has 0 aromatic carbocycles. The summed E-state index contributed by atoms with van der Waals surface area (Å²) < 4.78 is 0. The lowest BCUT2D eigenvalue weighted by molar-refractivity contribution is -0.120. The van der Waals surface area contributed by atoms with Gasteiger partial charge in [0.25, 0.3) is 0 Å². The van der Waals surface area contributed by atoms with Gasteiger partial charge < -0.3 is 15.5 Å². The molecule has 0 heterocycles. The number of carbonyl (C=O) groups is 1. The fourth-order valence-corrected chi connectivity index (χ4v) is 0.970. The van der Waals surface area contributed by atoms with Gasteiger partial charge in [0.15, 0.2) is 0 Å². The molecule has 3 unspecified atom stereocenters. The smallest absolute Gasteiger partial charge is 0.217 e. The molecule has 0 rings (SSSR count). The zero-order chi connectivity index (χ0) is 9.72. The van der Waals surface area contributed by atoms with Gasteiger partial charge in [0.2, 0.25) is 5.91 Å². The second-order valence-electron chi connectivity index (χ2n) is 3.14. The molecule has 0 fully saturated rings. The summed E-state index contributed by atoms with van der Waals surface area (Å²) in [6.07, 6.45) is -0.952. The summed E-state index contributed by atoms with van der Waals surface area (Å²) in [5, 5.41) is 20.8. The van der Waals surface area contributed by atoms with Gasteiger partial charge in [-0.25, -0.2) is 0 Å². The zero-order valence-electron chi connectivity index (χ0n) is 7.74. The highest BCUT2D eigenvalue weighted by molar-refractivity contribution is 5.73. The average molecular weight is 175 g/mol. The third kappa shape index (κ3) is 5.09. The molecule has 0 aliphatic carbocycles. The van der Waals surface area contributed by atoms with Crippen LogP contribution in [0.25, 0.3) is 0 Å². The molecular weight excluding hydrogens is 158 g/mol. The maximum Gasteiger partial charge on any atom is 0.217 e. The number of aliphatic hydroxyl groups is 2. The quantitative estimate of drug-likeness (QED) is 0.546. The summed E-state index contributed by atoms with van der Waals surface area (Å²) in [6.45, 7) is 4.70. The van der Waals surface area contributed by atoms with Crippen LogP contribution in [0, 0.1) is 0 Å². The van der Waals surface area contributed by atoms with E-state index in [2.05, 4.69) is 5.32 Å². The lowest BCUT2D eigenvalue weighted by Crippen LogP contribution is -2.41. The van der Waals surface area contributed by atoms with Crippen LogP contribution < -0.4 is 5.32 Å². The molecule has 0 aliphatic rings. The van der Waals surface area contributed by atoms with Crippen molar-refractivity contribution in [2.75, 3.05) is 0 Å². The van der Waals surface area contributed by atoms with Gasteiger partial charge in [-0.3, -0.25) is 4.79 Å². The third-order valence-corrected chi connectivity index (χ3v) is 1.59. The molecule has 3 atom stereocenters. The average Bonchev–Trinajstić information content (AvgIpc) is 1.84. The van der Waals surface area contributed by atoms with E-state index in [-0.39, 0.29) is 18.4 Å². The van der Waals surface area contributed by atoms with E-state index in [1.54, 1.807) is 13.8 Å². The molecule has 0 radical (unpaired) electrons. The number of hydrogen-bond donors (Lipinski definition) is 3. The first kappa shape index (κ1) is 11.4. The fourth-order valence-electron chi connectivity index (χ4n) is 0.970. The van der Waals surface area contributed by atoms with Crippen molar-refractivity contribution in [3.8, 4) is 0 Å². The van der Waals surface area contributed by atoms with Crippen LogP contribution in [-0.4, -0.2) is 34.4 Å². The highest BCUT2D eigenvalue weighted by atomic mass is 16.3. The Hall–Kier alpha value is -0.610. The Balaban J connectivity index is 3.76. The Labute approximate surface area is 72.6 Å². The van der Waals surface area contributed by atoms with Crippen molar-refractivity contribution in [1.29, 1.82) is 0 Å². The third-order valence-electron chi connectivity index (χ3n) is 1.59. The minimum atomic E-state index is -0.686. The van der Waals surface area contributed by atoms with E-state index < -0.39 is 12.2 Å². The molecule has 0 bridgehead atoms. The van der Waals surface area contributed by atoms with Gasteiger partial charge in [-0.15, -0.1) is 0 Å². The molecule has 0 aromatic rings. The molecule has 3 N–H and O–H groups in total. The largest absolute Gasteiger partial charge is 0.393 e. The molecule has 12 heavy (non-hydrogen) atoms. The molecule has 0 aromatic heterocycles. The van der Waals surface area contributed by atoms with Crippen molar-refractivity contribution in [2.45, 2.75) is 45.4 Å². The van der Waals surface area contributed by atoms with E-state index >= 15 is 0 Å². The number of hydrogen-bond acceptors (Lipinski definition) is 3. The van der Waals surface area contributed by atoms with E-state index in [4.69, 9.17) is 5.11 Å². The van der Waals surface area contributed by atoms with Crippen LogP contribution in [0.2, 0.25) is 0 Å². The van der Waals surface area contributed by atoms with E-state index in [0.29, 0.717) is 0 Å². The first-order valence-electron chi connectivity index (χ1n) is 4.06. The second kappa shape index (κ2) is 5.11. The Bertz CT molecular complexity index is 147. The summed E-state index contributed by atoms with van der Waals surface area (Å²) in [5.41, 5.74) is 0.